The van der Waals surface area contributed by atoms with Crippen LogP contribution in [0.4, 0.5) is 0 Å². The van der Waals surface area contributed by atoms with E-state index in [4.69, 9.17) is 27.9 Å². The minimum Gasteiger partial charge on any atom is -0.462 e. The summed E-state index contributed by atoms with van der Waals surface area (Å²) in [5.41, 5.74) is 3.21. The van der Waals surface area contributed by atoms with Crippen LogP contribution in [0.3, 0.4) is 0 Å². The third-order valence-electron chi connectivity index (χ3n) is 3.95. The van der Waals surface area contributed by atoms with Gasteiger partial charge in [0.25, 0.3) is 0 Å². The van der Waals surface area contributed by atoms with Gasteiger partial charge < -0.3 is 4.74 Å². The Morgan fingerprint density at radius 2 is 1.92 bits per heavy atom. The molecule has 0 spiro atoms. The summed E-state index contributed by atoms with van der Waals surface area (Å²) in [6.07, 6.45) is 0. The molecule has 0 atom stereocenters. The van der Waals surface area contributed by atoms with Crippen LogP contribution in [0, 0.1) is 0 Å². The van der Waals surface area contributed by atoms with Crippen LogP contribution in [0.5, 0.6) is 0 Å². The molecule has 0 unspecified atom stereocenters. The van der Waals surface area contributed by atoms with Crippen LogP contribution < -0.4 is 0 Å². The van der Waals surface area contributed by atoms with Crippen molar-refractivity contribution in [3.05, 3.63) is 57.8 Å². The zero-order valence-corrected chi connectivity index (χ0v) is 15.7. The molecular weight excluding hydrogens is 359 g/mol. The molecular formula is C19H18Cl2N2O2. The van der Waals surface area contributed by atoms with Crippen LogP contribution in [0.15, 0.2) is 36.4 Å². The van der Waals surface area contributed by atoms with Crippen molar-refractivity contribution in [2.45, 2.75) is 26.7 Å². The highest BCUT2D eigenvalue weighted by atomic mass is 35.5. The van der Waals surface area contributed by atoms with Crippen molar-refractivity contribution in [2.24, 2.45) is 0 Å². The predicted octanol–water partition coefficient (Wildman–Crippen LogP) is 5.61. The molecule has 2 aromatic heterocycles. The molecule has 0 N–H and O–H groups in total. The summed E-state index contributed by atoms with van der Waals surface area (Å²) in [5.74, 6) is -0.406. The molecule has 0 radical (unpaired) electrons. The zero-order chi connectivity index (χ0) is 18.1. The summed E-state index contributed by atoms with van der Waals surface area (Å²) in [6.45, 7) is 6.02. The van der Waals surface area contributed by atoms with Gasteiger partial charge in [0, 0.05) is 16.1 Å². The molecule has 0 aliphatic rings. The summed E-state index contributed by atoms with van der Waals surface area (Å²) in [4.78, 5) is 12.8. The van der Waals surface area contributed by atoms with Crippen molar-refractivity contribution in [1.82, 2.24) is 9.61 Å². The molecule has 2 heterocycles. The van der Waals surface area contributed by atoms with E-state index in [0.717, 1.165) is 5.56 Å². The molecule has 3 aromatic rings. The number of nitrogens with zero attached hydrogens (tertiary/aromatic N) is 2. The van der Waals surface area contributed by atoms with Crippen molar-refractivity contribution in [3.63, 3.8) is 0 Å². The Morgan fingerprint density at radius 1 is 1.20 bits per heavy atom. The third kappa shape index (κ3) is 3.12. The van der Waals surface area contributed by atoms with Gasteiger partial charge in [-0.15, -0.1) is 0 Å². The monoisotopic (exact) mass is 376 g/mol. The minimum atomic E-state index is -0.409. The highest BCUT2D eigenvalue weighted by Gasteiger charge is 2.26. The lowest BCUT2D eigenvalue weighted by atomic mass is 9.94. The highest BCUT2D eigenvalue weighted by molar-refractivity contribution is 6.34. The first-order valence-electron chi connectivity index (χ1n) is 8.08. The average molecular weight is 377 g/mol. The second-order valence-electron chi connectivity index (χ2n) is 5.94. The molecule has 0 amide bonds. The van der Waals surface area contributed by atoms with Gasteiger partial charge in [0.05, 0.1) is 23.4 Å². The van der Waals surface area contributed by atoms with Gasteiger partial charge >= 0.3 is 5.97 Å². The van der Waals surface area contributed by atoms with E-state index in [1.54, 1.807) is 23.6 Å². The third-order valence-corrected chi connectivity index (χ3v) is 4.56. The van der Waals surface area contributed by atoms with E-state index in [1.807, 2.05) is 38.1 Å². The molecule has 1 aromatic carbocycles. The van der Waals surface area contributed by atoms with Crippen LogP contribution in [0.1, 0.15) is 42.7 Å². The van der Waals surface area contributed by atoms with Crippen LogP contribution in [-0.2, 0) is 4.74 Å². The number of hydrogen-bond acceptors (Lipinski definition) is 3. The molecule has 25 heavy (non-hydrogen) atoms. The Morgan fingerprint density at radius 3 is 2.56 bits per heavy atom. The maximum atomic E-state index is 12.8. The first-order chi connectivity index (χ1) is 12.0. The molecule has 130 valence electrons. The number of carbonyl (C=O) groups excluding carboxylic acids is 1. The summed E-state index contributed by atoms with van der Waals surface area (Å²) in [5, 5.41) is 5.62. The summed E-state index contributed by atoms with van der Waals surface area (Å²) >= 11 is 12.7. The minimum absolute atomic E-state index is 0.00325. The van der Waals surface area contributed by atoms with Crippen LogP contribution >= 0.6 is 23.2 Å². The molecule has 0 fully saturated rings. The molecule has 6 heteroatoms. The smallest absolute Gasteiger partial charge is 0.340 e. The largest absolute Gasteiger partial charge is 0.462 e. The van der Waals surface area contributed by atoms with Crippen LogP contribution in [0.2, 0.25) is 10.2 Å². The summed E-state index contributed by atoms with van der Waals surface area (Å²) in [7, 11) is 0. The van der Waals surface area contributed by atoms with E-state index >= 15 is 0 Å². The number of carbonyl (C=O) groups is 1. The van der Waals surface area contributed by atoms with Gasteiger partial charge in [-0.3, -0.25) is 0 Å². The summed E-state index contributed by atoms with van der Waals surface area (Å²) in [6, 6.07) is 11.0. The fraction of sp³-hybridized carbons (Fsp3) is 0.263. The lowest BCUT2D eigenvalue weighted by molar-refractivity contribution is 0.0524. The first kappa shape index (κ1) is 17.8. The number of ether oxygens (including phenoxy) is 1. The van der Waals surface area contributed by atoms with Gasteiger partial charge in [0.2, 0.25) is 0 Å². The van der Waals surface area contributed by atoms with Gasteiger partial charge in [0.1, 0.15) is 5.15 Å². The lowest BCUT2D eigenvalue weighted by Crippen LogP contribution is -2.15. The van der Waals surface area contributed by atoms with Crippen molar-refractivity contribution in [2.75, 3.05) is 6.61 Å². The zero-order valence-electron chi connectivity index (χ0n) is 14.2. The Labute approximate surface area is 156 Å². The molecule has 3 rings (SSSR count). The second kappa shape index (κ2) is 7.06. The topological polar surface area (TPSA) is 43.6 Å². The second-order valence-corrected chi connectivity index (χ2v) is 6.74. The number of rotatable bonds is 4. The van der Waals surface area contributed by atoms with E-state index < -0.39 is 5.97 Å². The van der Waals surface area contributed by atoms with Crippen molar-refractivity contribution < 1.29 is 9.53 Å². The molecule has 0 bridgehead atoms. The molecule has 0 aliphatic carbocycles. The molecule has 4 nitrogen and oxygen atoms in total. The van der Waals surface area contributed by atoms with Crippen molar-refractivity contribution in [3.8, 4) is 11.1 Å². The van der Waals surface area contributed by atoms with E-state index in [9.17, 15) is 4.79 Å². The Hall–Kier alpha value is -2.04. The van der Waals surface area contributed by atoms with E-state index in [0.29, 0.717) is 32.5 Å². The normalized spacial score (nSPS) is 11.3. The highest BCUT2D eigenvalue weighted by Crippen LogP contribution is 2.38. The van der Waals surface area contributed by atoms with Crippen molar-refractivity contribution in [1.29, 1.82) is 0 Å². The van der Waals surface area contributed by atoms with Gasteiger partial charge in [-0.1, -0.05) is 55.2 Å². The maximum Gasteiger partial charge on any atom is 0.340 e. The first-order valence-corrected chi connectivity index (χ1v) is 8.84. The van der Waals surface area contributed by atoms with Crippen LogP contribution in [0.25, 0.3) is 16.6 Å². The number of aromatic nitrogens is 2. The number of hydrogen-bond donors (Lipinski definition) is 0. The average Bonchev–Trinajstić information content (AvgIpc) is 2.95. The Kier molecular flexibility index (Phi) is 5.02. The Bertz CT molecular complexity index is 948. The van der Waals surface area contributed by atoms with E-state index in [-0.39, 0.29) is 12.5 Å². The quantitative estimate of drug-likeness (QED) is 0.555. The van der Waals surface area contributed by atoms with Gasteiger partial charge in [0.15, 0.2) is 0 Å². The van der Waals surface area contributed by atoms with E-state index in [1.165, 1.54) is 0 Å². The van der Waals surface area contributed by atoms with Crippen molar-refractivity contribution >= 4 is 34.7 Å². The Balaban J connectivity index is 2.48. The van der Waals surface area contributed by atoms with Gasteiger partial charge in [-0.05, 0) is 31.0 Å². The number of esters is 1. The fourth-order valence-electron chi connectivity index (χ4n) is 2.86. The molecule has 0 saturated heterocycles. The standard InChI is InChI=1S/C19H18Cl2N2O2/c1-4-25-19(24)17-16(12-7-5-6-8-13(12)20)14-9-10-15(21)23(14)22-18(17)11(2)3/h5-11H,4H2,1-3H3. The summed E-state index contributed by atoms with van der Waals surface area (Å²) < 4.78 is 6.95. The maximum absolute atomic E-state index is 12.8. The lowest BCUT2D eigenvalue weighted by Gasteiger charge is -2.18. The molecule has 0 aliphatic heterocycles. The predicted molar refractivity (Wildman–Crippen MR) is 101 cm³/mol. The number of halogens is 2. The van der Waals surface area contributed by atoms with Crippen LogP contribution in [-0.4, -0.2) is 22.2 Å². The number of fused-ring (bicyclic) bond motifs is 1. The fourth-order valence-corrected chi connectivity index (χ4v) is 3.28. The van der Waals surface area contributed by atoms with E-state index in [2.05, 4.69) is 5.10 Å². The SMILES string of the molecule is CCOC(=O)c1c(C(C)C)nn2c(Cl)ccc2c1-c1ccccc1Cl. The number of benzene rings is 1. The molecule has 0 saturated carbocycles. The van der Waals surface area contributed by atoms with Gasteiger partial charge in [-0.25, -0.2) is 9.31 Å². The van der Waals surface area contributed by atoms with Gasteiger partial charge in [-0.2, -0.15) is 5.10 Å².